The Labute approximate surface area is 453 Å². The first kappa shape index (κ1) is 60.2. The molecule has 9 heterocycles. The monoisotopic (exact) mass is 1030 g/mol. The fraction of sp³-hybridized carbons (Fsp3) is 0.484. The summed E-state index contributed by atoms with van der Waals surface area (Å²) in [5, 5.41) is 0. The third kappa shape index (κ3) is 15.5. The molecule has 408 valence electrons. The van der Waals surface area contributed by atoms with Gasteiger partial charge in [0.1, 0.15) is 5.52 Å². The van der Waals surface area contributed by atoms with E-state index in [1.807, 2.05) is 75.7 Å². The molecule has 0 spiro atoms. The summed E-state index contributed by atoms with van der Waals surface area (Å²) in [5.41, 5.74) is 23.4. The van der Waals surface area contributed by atoms with E-state index < -0.39 is 0 Å². The molecule has 76 heavy (non-hydrogen) atoms. The lowest BCUT2D eigenvalue weighted by molar-refractivity contribution is 0.101. The van der Waals surface area contributed by atoms with E-state index in [1.54, 1.807) is 13.1 Å². The zero-order chi connectivity index (χ0) is 56.5. The third-order valence-electron chi connectivity index (χ3n) is 13.3. The highest BCUT2D eigenvalue weighted by Gasteiger charge is 2.18. The summed E-state index contributed by atoms with van der Waals surface area (Å²) < 4.78 is 8.56. The number of carbonyl (C=O) groups is 1. The van der Waals surface area contributed by atoms with Gasteiger partial charge in [-0.2, -0.15) is 0 Å². The number of nitrogens with zero attached hydrogens (tertiary/aromatic N) is 9. The standard InChI is InChI=1S/C15H20N2O.C15H22N2.C14H20N2O.C13H18N2.C7H10N2/c1-9(2)6-13-7-14-11(4)16-10(3)8-17(14)15(13)12(5)18;1-6-14-13(7-10(2)3)8-15-12(5)16-11(4)9-17(14)15;1-5-12-11(6-9(2)3)7-13-14(17)15-10(4)8-16(12)13;1-9(2)5-12-6-13-11(4)14-10(3)7-15(13)8-12;1-5-4-8-6(2)7(3)9-5/h7-9H,6H2,1-5H3;8-10H,6-7H2,1-5H3;7-9H,5-6H2,1-4H3,(H,15,17);6-9H,5H2,1-4H3;4H,1-3H3. The molecule has 9 aromatic rings. The summed E-state index contributed by atoms with van der Waals surface area (Å²) in [6.07, 6.45) is 18.5. The summed E-state index contributed by atoms with van der Waals surface area (Å²) in [6.45, 7) is 43.8. The van der Waals surface area contributed by atoms with Crippen LogP contribution in [0.15, 0.2) is 66.2 Å². The SMILES string of the molecule is CC(=O)c1c(CC(C)C)cc2c(C)nc(C)cn12.CCc1c(CC(C)C)cc2c(=O)[nH]c(C)cn12.CCc1c(CC(C)C)cc2c(C)nc(C)cn12.Cc1cn2cc(CC(C)C)cc2c(C)n1.Cc1cnc(C)c(C)n1. The lowest BCUT2D eigenvalue weighted by atomic mass is 10.0. The summed E-state index contributed by atoms with van der Waals surface area (Å²) in [4.78, 5) is 48.5. The zero-order valence-corrected chi connectivity index (χ0v) is 50.2. The predicted octanol–water partition coefficient (Wildman–Crippen LogP) is 14.3. The number of nitrogens with one attached hydrogen (secondary N) is 1. The van der Waals surface area contributed by atoms with E-state index >= 15 is 0 Å². The van der Waals surface area contributed by atoms with Crippen molar-refractivity contribution < 1.29 is 4.79 Å². The molecule has 0 aliphatic heterocycles. The van der Waals surface area contributed by atoms with Crippen LogP contribution in [0.5, 0.6) is 0 Å². The van der Waals surface area contributed by atoms with Crippen molar-refractivity contribution in [2.45, 2.75) is 184 Å². The molecule has 0 aliphatic rings. The number of aryl methyl sites for hydroxylation is 12. The molecule has 1 N–H and O–H groups in total. The minimum absolute atomic E-state index is 0.00899. The molecule has 12 heteroatoms. The number of Topliss-reactive ketones (excluding diaryl/α,β-unsaturated/α-hetero) is 1. The average molecular weight is 1030 g/mol. The van der Waals surface area contributed by atoms with Gasteiger partial charge in [-0.1, -0.05) is 69.2 Å². The fourth-order valence-electron chi connectivity index (χ4n) is 10.3. The van der Waals surface area contributed by atoms with E-state index in [-0.39, 0.29) is 11.3 Å². The van der Waals surface area contributed by atoms with Gasteiger partial charge in [0.15, 0.2) is 5.78 Å². The maximum Gasteiger partial charge on any atom is 0.272 e. The molecular weight excluding hydrogens is 941 g/mol. The molecule has 0 saturated carbocycles. The zero-order valence-electron chi connectivity index (χ0n) is 50.2. The molecule has 0 fully saturated rings. The number of hydrogen-bond acceptors (Lipinski definition) is 7. The van der Waals surface area contributed by atoms with Crippen LogP contribution in [0.25, 0.3) is 22.1 Å². The molecule has 0 aromatic carbocycles. The number of fused-ring (bicyclic) bond motifs is 4. The fourth-order valence-corrected chi connectivity index (χ4v) is 10.3. The predicted molar refractivity (Wildman–Crippen MR) is 316 cm³/mol. The number of rotatable bonds is 11. The Morgan fingerprint density at radius 1 is 0.487 bits per heavy atom. The normalized spacial score (nSPS) is 11.3. The number of aromatic nitrogens is 10. The quantitative estimate of drug-likeness (QED) is 0.128. The van der Waals surface area contributed by atoms with E-state index in [2.05, 4.69) is 166 Å². The first-order valence-corrected chi connectivity index (χ1v) is 27.6. The highest BCUT2D eigenvalue weighted by Crippen LogP contribution is 2.25. The van der Waals surface area contributed by atoms with E-state index in [9.17, 15) is 9.59 Å². The van der Waals surface area contributed by atoms with Crippen molar-refractivity contribution in [3.63, 3.8) is 0 Å². The van der Waals surface area contributed by atoms with Gasteiger partial charge >= 0.3 is 0 Å². The van der Waals surface area contributed by atoms with Crippen molar-refractivity contribution in [2.24, 2.45) is 23.7 Å². The summed E-state index contributed by atoms with van der Waals surface area (Å²) in [6, 6.07) is 8.72. The van der Waals surface area contributed by atoms with Gasteiger partial charge in [-0.25, -0.2) is 0 Å². The minimum atomic E-state index is 0.00899. The van der Waals surface area contributed by atoms with Crippen molar-refractivity contribution in [1.82, 2.24) is 47.5 Å². The number of H-pyrrole nitrogens is 1. The largest absolute Gasteiger partial charge is 0.323 e. The Hall–Kier alpha value is -6.69. The van der Waals surface area contributed by atoms with Crippen LogP contribution in [0, 0.1) is 92.9 Å². The van der Waals surface area contributed by atoms with E-state index in [4.69, 9.17) is 0 Å². The summed E-state index contributed by atoms with van der Waals surface area (Å²) in [7, 11) is 0. The van der Waals surface area contributed by atoms with Crippen molar-refractivity contribution in [1.29, 1.82) is 0 Å². The van der Waals surface area contributed by atoms with Gasteiger partial charge in [-0.05, 0) is 178 Å². The molecule has 9 aromatic heterocycles. The van der Waals surface area contributed by atoms with Gasteiger partial charge in [0.05, 0.1) is 73.5 Å². The highest BCUT2D eigenvalue weighted by atomic mass is 16.1. The first-order chi connectivity index (χ1) is 35.7. The van der Waals surface area contributed by atoms with Gasteiger partial charge in [0.25, 0.3) is 5.56 Å². The van der Waals surface area contributed by atoms with Gasteiger partial charge in [-0.3, -0.25) is 34.5 Å². The van der Waals surface area contributed by atoms with Gasteiger partial charge in [0, 0.05) is 61.2 Å². The Kier molecular flexibility index (Phi) is 20.9. The molecule has 0 unspecified atom stereocenters. The highest BCUT2D eigenvalue weighted by molar-refractivity contribution is 5.95. The topological polar surface area (TPSA) is 132 Å². The van der Waals surface area contributed by atoms with Gasteiger partial charge in [-0.15, -0.1) is 0 Å². The van der Waals surface area contributed by atoms with Crippen LogP contribution in [0.2, 0.25) is 0 Å². The van der Waals surface area contributed by atoms with E-state index in [1.165, 1.54) is 39.1 Å². The minimum Gasteiger partial charge on any atom is -0.323 e. The molecule has 12 nitrogen and oxygen atoms in total. The van der Waals surface area contributed by atoms with Gasteiger partial charge < -0.3 is 22.6 Å². The summed E-state index contributed by atoms with van der Waals surface area (Å²) in [5.74, 6) is 2.67. The molecule has 0 radical (unpaired) electrons. The molecule has 0 aliphatic carbocycles. The van der Waals surface area contributed by atoms with Crippen LogP contribution in [0.4, 0.5) is 0 Å². The van der Waals surface area contributed by atoms with Crippen molar-refractivity contribution in [3.8, 4) is 0 Å². The second-order valence-corrected chi connectivity index (χ2v) is 22.7. The molecule has 0 saturated heterocycles. The van der Waals surface area contributed by atoms with Crippen molar-refractivity contribution in [2.75, 3.05) is 0 Å². The Balaban J connectivity index is 0.000000178. The molecular formula is C64H90N10O2. The maximum absolute atomic E-state index is 11.9. The smallest absolute Gasteiger partial charge is 0.272 e. The Morgan fingerprint density at radius 2 is 0.921 bits per heavy atom. The Bertz CT molecular complexity index is 3480. The van der Waals surface area contributed by atoms with Crippen LogP contribution in [0.1, 0.15) is 177 Å². The third-order valence-corrected chi connectivity index (χ3v) is 13.3. The van der Waals surface area contributed by atoms with E-state index in [0.717, 1.165) is 118 Å². The van der Waals surface area contributed by atoms with Crippen LogP contribution in [-0.4, -0.2) is 53.3 Å². The average Bonchev–Trinajstić information content (AvgIpc) is 4.06. The first-order valence-electron chi connectivity index (χ1n) is 27.6. The number of aromatic amines is 1. The second-order valence-electron chi connectivity index (χ2n) is 22.7. The maximum atomic E-state index is 11.9. The number of ketones is 1. The van der Waals surface area contributed by atoms with Crippen LogP contribution < -0.4 is 5.56 Å². The Morgan fingerprint density at radius 3 is 1.41 bits per heavy atom. The molecule has 0 bridgehead atoms. The number of hydrogen-bond donors (Lipinski definition) is 1. The molecule has 0 amide bonds. The van der Waals surface area contributed by atoms with Crippen molar-refractivity contribution >= 4 is 27.9 Å². The lowest BCUT2D eigenvalue weighted by Crippen LogP contribution is -2.11. The van der Waals surface area contributed by atoms with E-state index in [0.29, 0.717) is 23.7 Å². The van der Waals surface area contributed by atoms with Crippen LogP contribution in [0.3, 0.4) is 0 Å². The number of carbonyl (C=O) groups excluding carboxylic acids is 1. The molecule has 9 rings (SSSR count). The summed E-state index contributed by atoms with van der Waals surface area (Å²) >= 11 is 0. The van der Waals surface area contributed by atoms with Gasteiger partial charge in [0.2, 0.25) is 0 Å². The van der Waals surface area contributed by atoms with Crippen LogP contribution >= 0.6 is 0 Å². The molecule has 0 atom stereocenters. The van der Waals surface area contributed by atoms with Crippen LogP contribution in [-0.2, 0) is 38.5 Å². The van der Waals surface area contributed by atoms with Crippen molar-refractivity contribution in [3.05, 3.63) is 168 Å². The second kappa shape index (κ2) is 26.4. The lowest BCUT2D eigenvalue weighted by Gasteiger charge is -2.07.